The van der Waals surface area contributed by atoms with Crippen molar-refractivity contribution in [3.8, 4) is 5.75 Å². The predicted octanol–water partition coefficient (Wildman–Crippen LogP) is 4.31. The van der Waals surface area contributed by atoms with Crippen LogP contribution in [0, 0.1) is 13.8 Å². The smallest absolute Gasteiger partial charge is 0.290 e. The predicted molar refractivity (Wildman–Crippen MR) is 126 cm³/mol. The normalized spacial score (nSPS) is 15.6. The Morgan fingerprint density at radius 3 is 2.31 bits per heavy atom. The number of carbonyl (C=O) groups excluding carboxylic acids is 1. The highest BCUT2D eigenvalue weighted by Gasteiger charge is 2.42. The van der Waals surface area contributed by atoms with Crippen molar-refractivity contribution < 1.29 is 13.9 Å². The molecule has 1 aliphatic heterocycles. The van der Waals surface area contributed by atoms with Crippen LogP contribution in [0.25, 0.3) is 11.0 Å². The number of amides is 1. The Bertz CT molecular complexity index is 1210. The number of benzene rings is 2. The number of rotatable bonds is 7. The first kappa shape index (κ1) is 22.1. The summed E-state index contributed by atoms with van der Waals surface area (Å²) in [6, 6.07) is 10.8. The van der Waals surface area contributed by atoms with Crippen LogP contribution in [0.1, 0.15) is 52.7 Å². The van der Waals surface area contributed by atoms with Gasteiger partial charge >= 0.3 is 0 Å². The van der Waals surface area contributed by atoms with Crippen LogP contribution in [-0.2, 0) is 0 Å². The average molecular weight is 435 g/mol. The Hall–Kier alpha value is -3.12. The van der Waals surface area contributed by atoms with Crippen molar-refractivity contribution >= 4 is 16.9 Å². The summed E-state index contributed by atoms with van der Waals surface area (Å²) in [6.45, 7) is 11.2. The van der Waals surface area contributed by atoms with Crippen LogP contribution in [0.4, 0.5) is 0 Å². The lowest BCUT2D eigenvalue weighted by atomic mass is 9.97. The molecular formula is C26H30N2O4. The number of fused-ring (bicyclic) bond motifs is 2. The molecular weight excluding hydrogens is 404 g/mol. The van der Waals surface area contributed by atoms with Crippen LogP contribution in [0.3, 0.4) is 0 Å². The van der Waals surface area contributed by atoms with E-state index >= 15 is 0 Å². The SMILES string of the molecule is CCN(CC)CCN1C(=O)c2oc3cc(C)c(C)cc3c(=O)c2[C@H]1c1ccc(OC)cc1. The van der Waals surface area contributed by atoms with Crippen molar-refractivity contribution in [2.45, 2.75) is 33.7 Å². The van der Waals surface area contributed by atoms with Gasteiger partial charge in [0.25, 0.3) is 5.91 Å². The summed E-state index contributed by atoms with van der Waals surface area (Å²) in [5.41, 5.74) is 3.67. The topological polar surface area (TPSA) is 63.0 Å². The minimum absolute atomic E-state index is 0.135. The quantitative estimate of drug-likeness (QED) is 0.555. The lowest BCUT2D eigenvalue weighted by Crippen LogP contribution is -2.37. The standard InChI is InChI=1S/C26H30N2O4/c1-6-27(7-2)12-13-28-23(18-8-10-19(31-5)11-9-18)22-24(29)20-14-16(3)17(4)15-21(20)32-25(22)26(28)30/h8-11,14-15,23H,6-7,12-13H2,1-5H3/t23-/m1/s1. The zero-order valence-electron chi connectivity index (χ0n) is 19.4. The van der Waals surface area contributed by atoms with E-state index in [1.54, 1.807) is 12.0 Å². The summed E-state index contributed by atoms with van der Waals surface area (Å²) in [7, 11) is 1.62. The Kier molecular flexibility index (Phi) is 6.07. The van der Waals surface area contributed by atoms with Gasteiger partial charge in [-0.3, -0.25) is 9.59 Å². The molecule has 0 spiro atoms. The minimum atomic E-state index is -0.485. The van der Waals surface area contributed by atoms with Gasteiger partial charge in [0.05, 0.1) is 24.1 Å². The van der Waals surface area contributed by atoms with Crippen LogP contribution in [0.5, 0.6) is 5.75 Å². The van der Waals surface area contributed by atoms with Gasteiger partial charge in [0.15, 0.2) is 5.43 Å². The van der Waals surface area contributed by atoms with E-state index in [-0.39, 0.29) is 17.1 Å². The fourth-order valence-corrected chi connectivity index (χ4v) is 4.43. The van der Waals surface area contributed by atoms with Crippen LogP contribution in [0.15, 0.2) is 45.6 Å². The molecule has 0 N–H and O–H groups in total. The fraction of sp³-hybridized carbons (Fsp3) is 0.385. The van der Waals surface area contributed by atoms with E-state index in [9.17, 15) is 9.59 Å². The molecule has 0 aliphatic carbocycles. The highest BCUT2D eigenvalue weighted by atomic mass is 16.5. The van der Waals surface area contributed by atoms with Crippen LogP contribution >= 0.6 is 0 Å². The van der Waals surface area contributed by atoms with E-state index in [0.29, 0.717) is 23.1 Å². The molecule has 0 radical (unpaired) electrons. The van der Waals surface area contributed by atoms with Gasteiger partial charge in [0.2, 0.25) is 5.76 Å². The summed E-state index contributed by atoms with van der Waals surface area (Å²) in [6.07, 6.45) is 0. The van der Waals surface area contributed by atoms with Crippen LogP contribution < -0.4 is 10.2 Å². The van der Waals surface area contributed by atoms with Crippen molar-refractivity contribution in [1.29, 1.82) is 0 Å². The van der Waals surface area contributed by atoms with Crippen molar-refractivity contribution in [3.05, 3.63) is 74.6 Å². The number of likely N-dealkylation sites (N-methyl/N-ethyl adjacent to an activating group) is 1. The molecule has 0 bridgehead atoms. The Morgan fingerprint density at radius 2 is 1.69 bits per heavy atom. The van der Waals surface area contributed by atoms with Gasteiger partial charge in [-0.15, -0.1) is 0 Å². The highest BCUT2D eigenvalue weighted by Crippen LogP contribution is 2.38. The first-order chi connectivity index (χ1) is 15.4. The van der Waals surface area contributed by atoms with E-state index in [4.69, 9.17) is 9.15 Å². The molecule has 168 valence electrons. The maximum atomic E-state index is 13.7. The summed E-state index contributed by atoms with van der Waals surface area (Å²) in [4.78, 5) is 31.2. The number of ether oxygens (including phenoxy) is 1. The van der Waals surface area contributed by atoms with Crippen molar-refractivity contribution in [2.75, 3.05) is 33.3 Å². The van der Waals surface area contributed by atoms with Crippen LogP contribution in [0.2, 0.25) is 0 Å². The van der Waals surface area contributed by atoms with Crippen molar-refractivity contribution in [3.63, 3.8) is 0 Å². The number of carbonyl (C=O) groups is 1. The Morgan fingerprint density at radius 1 is 1.03 bits per heavy atom. The molecule has 2 heterocycles. The van der Waals surface area contributed by atoms with Crippen molar-refractivity contribution in [2.24, 2.45) is 0 Å². The molecule has 0 fully saturated rings. The zero-order chi connectivity index (χ0) is 23.0. The van der Waals surface area contributed by atoms with E-state index in [1.165, 1.54) is 0 Å². The average Bonchev–Trinajstić information content (AvgIpc) is 3.08. The number of hydrogen-bond donors (Lipinski definition) is 0. The molecule has 6 heteroatoms. The van der Waals surface area contributed by atoms with E-state index in [0.717, 1.165) is 42.1 Å². The van der Waals surface area contributed by atoms with Gasteiger partial charge in [-0.05, 0) is 67.9 Å². The van der Waals surface area contributed by atoms with Gasteiger partial charge in [0, 0.05) is 13.1 Å². The van der Waals surface area contributed by atoms with Gasteiger partial charge in [-0.2, -0.15) is 0 Å². The first-order valence-electron chi connectivity index (χ1n) is 11.1. The second-order valence-corrected chi connectivity index (χ2v) is 8.31. The zero-order valence-corrected chi connectivity index (χ0v) is 19.4. The number of aryl methyl sites for hydroxylation is 2. The molecule has 6 nitrogen and oxygen atoms in total. The summed E-state index contributed by atoms with van der Waals surface area (Å²) in [5, 5.41) is 0.517. The summed E-state index contributed by atoms with van der Waals surface area (Å²) >= 11 is 0. The third-order valence-electron chi connectivity index (χ3n) is 6.57. The van der Waals surface area contributed by atoms with E-state index < -0.39 is 6.04 Å². The maximum Gasteiger partial charge on any atom is 0.290 e. The van der Waals surface area contributed by atoms with E-state index in [1.807, 2.05) is 50.2 Å². The second-order valence-electron chi connectivity index (χ2n) is 8.31. The van der Waals surface area contributed by atoms with Gasteiger partial charge in [-0.1, -0.05) is 26.0 Å². The third kappa shape index (κ3) is 3.69. The maximum absolute atomic E-state index is 13.7. The fourth-order valence-electron chi connectivity index (χ4n) is 4.43. The minimum Gasteiger partial charge on any atom is -0.497 e. The van der Waals surface area contributed by atoms with Gasteiger partial charge < -0.3 is 19.0 Å². The Balaban J connectivity index is 1.88. The molecule has 0 saturated carbocycles. The molecule has 2 aromatic carbocycles. The first-order valence-corrected chi connectivity index (χ1v) is 11.1. The van der Waals surface area contributed by atoms with Crippen molar-refractivity contribution in [1.82, 2.24) is 9.80 Å². The molecule has 1 atom stereocenters. The highest BCUT2D eigenvalue weighted by molar-refractivity contribution is 5.99. The van der Waals surface area contributed by atoms with Gasteiger partial charge in [0.1, 0.15) is 11.3 Å². The third-order valence-corrected chi connectivity index (χ3v) is 6.57. The second kappa shape index (κ2) is 8.79. The monoisotopic (exact) mass is 434 g/mol. The lowest BCUT2D eigenvalue weighted by Gasteiger charge is -2.28. The van der Waals surface area contributed by atoms with E-state index in [2.05, 4.69) is 18.7 Å². The number of methoxy groups -OCH3 is 1. The lowest BCUT2D eigenvalue weighted by molar-refractivity contribution is 0.0708. The molecule has 32 heavy (non-hydrogen) atoms. The molecule has 1 aliphatic rings. The molecule has 1 amide bonds. The Labute approximate surface area is 188 Å². The molecule has 0 saturated heterocycles. The summed E-state index contributed by atoms with van der Waals surface area (Å²) < 4.78 is 11.4. The number of hydrogen-bond acceptors (Lipinski definition) is 5. The van der Waals surface area contributed by atoms with Gasteiger partial charge in [-0.25, -0.2) is 0 Å². The molecule has 1 aromatic heterocycles. The largest absolute Gasteiger partial charge is 0.497 e. The summed E-state index contributed by atoms with van der Waals surface area (Å²) in [5.74, 6) is 0.654. The number of nitrogens with zero attached hydrogens (tertiary/aromatic N) is 2. The molecule has 3 aromatic rings. The molecule has 4 rings (SSSR count). The molecule has 0 unspecified atom stereocenters. The van der Waals surface area contributed by atoms with Crippen LogP contribution in [-0.4, -0.2) is 49.0 Å².